The third-order valence-electron chi connectivity index (χ3n) is 3.65. The lowest BCUT2D eigenvalue weighted by Gasteiger charge is -2.07. The van der Waals surface area contributed by atoms with E-state index in [0.717, 1.165) is 11.1 Å². The molecule has 7 heteroatoms. The largest absolute Gasteiger partial charge is 0.431 e. The summed E-state index contributed by atoms with van der Waals surface area (Å²) in [6.45, 7) is 0.431. The van der Waals surface area contributed by atoms with Gasteiger partial charge >= 0.3 is 0 Å². The number of carbonyl (C=O) groups excluding carboxylic acids is 1. The molecule has 3 aromatic rings. The molecule has 1 heterocycles. The van der Waals surface area contributed by atoms with Gasteiger partial charge in [-0.3, -0.25) is 4.79 Å². The minimum atomic E-state index is -0.456. The fourth-order valence-electron chi connectivity index (χ4n) is 2.28. The first-order valence-electron chi connectivity index (χ1n) is 7.97. The Bertz CT molecular complexity index is 870. The Hall–Kier alpha value is -2.44. The molecular weight excluding hydrogens is 375 g/mol. The topological polar surface area (TPSA) is 51.2 Å². The number of carbonyl (C=O) groups is 1. The van der Waals surface area contributed by atoms with E-state index in [9.17, 15) is 9.18 Å². The second-order valence-electron chi connectivity index (χ2n) is 5.57. The molecule has 0 aliphatic heterocycles. The van der Waals surface area contributed by atoms with Crippen molar-refractivity contribution in [3.63, 3.8) is 0 Å². The van der Waals surface area contributed by atoms with Gasteiger partial charge in [0.05, 0.1) is 5.02 Å². The summed E-state index contributed by atoms with van der Waals surface area (Å²) in [6, 6.07) is 11.9. The van der Waals surface area contributed by atoms with E-state index in [0.29, 0.717) is 30.3 Å². The Morgan fingerprint density at radius 2 is 1.96 bits per heavy atom. The molecule has 0 radical (unpaired) electrons. The fourth-order valence-corrected chi connectivity index (χ4v) is 2.99. The quantitative estimate of drug-likeness (QED) is 0.619. The zero-order valence-corrected chi connectivity index (χ0v) is 15.3. The van der Waals surface area contributed by atoms with Crippen molar-refractivity contribution in [2.24, 2.45) is 0 Å². The van der Waals surface area contributed by atoms with Gasteiger partial charge < -0.3 is 10.1 Å². The van der Waals surface area contributed by atoms with Crippen molar-refractivity contribution in [2.45, 2.75) is 19.4 Å². The second kappa shape index (κ2) is 8.78. The maximum Gasteiger partial charge on any atom is 0.278 e. The molecule has 0 atom stereocenters. The Kier molecular flexibility index (Phi) is 6.20. The highest BCUT2D eigenvalue weighted by molar-refractivity contribution is 7.11. The van der Waals surface area contributed by atoms with Crippen molar-refractivity contribution in [2.75, 3.05) is 0 Å². The van der Waals surface area contributed by atoms with E-state index in [1.165, 1.54) is 17.4 Å². The maximum absolute atomic E-state index is 13.1. The highest BCUT2D eigenvalue weighted by atomic mass is 35.5. The Morgan fingerprint density at radius 1 is 1.19 bits per heavy atom. The minimum Gasteiger partial charge on any atom is -0.431 e. The molecule has 0 fully saturated rings. The maximum atomic E-state index is 13.1. The number of hydrogen-bond donors (Lipinski definition) is 1. The molecule has 0 spiro atoms. The molecule has 0 aliphatic carbocycles. The normalized spacial score (nSPS) is 10.5. The van der Waals surface area contributed by atoms with Crippen molar-refractivity contribution < 1.29 is 13.9 Å². The van der Waals surface area contributed by atoms with E-state index >= 15 is 0 Å². The van der Waals surface area contributed by atoms with Crippen LogP contribution in [0.1, 0.15) is 17.5 Å². The van der Waals surface area contributed by atoms with Crippen LogP contribution in [0.2, 0.25) is 5.02 Å². The number of nitrogens with zero attached hydrogens (tertiary/aromatic N) is 1. The summed E-state index contributed by atoms with van der Waals surface area (Å²) in [5.74, 6) is 0.166. The van der Waals surface area contributed by atoms with Crippen LogP contribution in [-0.2, 0) is 17.8 Å². The average molecular weight is 391 g/mol. The molecule has 0 aliphatic rings. The van der Waals surface area contributed by atoms with Crippen LogP contribution in [0.3, 0.4) is 0 Å². The molecule has 0 saturated carbocycles. The standard InChI is InChI=1S/C19H16ClFN2O2S/c20-16-11-13(3-7-17(16)21)4-8-18(24)23-12-14-1-5-15(6-2-14)25-19-22-9-10-26-19/h1-3,5-7,9-11H,4,8,12H2,(H,23,24). The van der Waals surface area contributed by atoms with Gasteiger partial charge in [-0.2, -0.15) is 0 Å². The van der Waals surface area contributed by atoms with Crippen molar-refractivity contribution in [3.05, 3.63) is 76.0 Å². The summed E-state index contributed by atoms with van der Waals surface area (Å²) in [4.78, 5) is 16.0. The molecule has 1 aromatic heterocycles. The van der Waals surface area contributed by atoms with Gasteiger partial charge in [0.25, 0.3) is 5.19 Å². The molecule has 3 rings (SSSR count). The number of hydrogen-bond acceptors (Lipinski definition) is 4. The highest BCUT2D eigenvalue weighted by Gasteiger charge is 2.06. The zero-order chi connectivity index (χ0) is 18.4. The van der Waals surface area contributed by atoms with Gasteiger partial charge in [0.1, 0.15) is 11.6 Å². The van der Waals surface area contributed by atoms with Crippen LogP contribution in [-0.4, -0.2) is 10.9 Å². The van der Waals surface area contributed by atoms with Crippen LogP contribution < -0.4 is 10.1 Å². The fraction of sp³-hybridized carbons (Fsp3) is 0.158. The molecule has 0 saturated heterocycles. The van der Waals surface area contributed by atoms with Gasteiger partial charge in [0.15, 0.2) is 0 Å². The number of amides is 1. The number of ether oxygens (including phenoxy) is 1. The molecule has 26 heavy (non-hydrogen) atoms. The Balaban J connectivity index is 1.44. The summed E-state index contributed by atoms with van der Waals surface area (Å²) in [7, 11) is 0. The summed E-state index contributed by atoms with van der Waals surface area (Å²) in [6.07, 6.45) is 2.50. The minimum absolute atomic E-state index is 0.0722. The van der Waals surface area contributed by atoms with Crippen molar-refractivity contribution in [1.29, 1.82) is 0 Å². The van der Waals surface area contributed by atoms with Crippen LogP contribution in [0.4, 0.5) is 4.39 Å². The van der Waals surface area contributed by atoms with Crippen LogP contribution in [0.5, 0.6) is 10.9 Å². The first-order chi connectivity index (χ1) is 12.6. The van der Waals surface area contributed by atoms with E-state index < -0.39 is 5.82 Å². The second-order valence-corrected chi connectivity index (χ2v) is 6.83. The first kappa shape index (κ1) is 18.4. The predicted molar refractivity (Wildman–Crippen MR) is 100 cm³/mol. The molecule has 0 bridgehead atoms. The number of nitrogens with one attached hydrogen (secondary N) is 1. The number of rotatable bonds is 7. The molecule has 2 aromatic carbocycles. The van der Waals surface area contributed by atoms with E-state index in [-0.39, 0.29) is 10.9 Å². The lowest BCUT2D eigenvalue weighted by molar-refractivity contribution is -0.121. The number of benzene rings is 2. The summed E-state index contributed by atoms with van der Waals surface area (Å²) >= 11 is 7.16. The van der Waals surface area contributed by atoms with Crippen molar-refractivity contribution in [1.82, 2.24) is 10.3 Å². The third-order valence-corrected chi connectivity index (χ3v) is 4.59. The summed E-state index contributed by atoms with van der Waals surface area (Å²) in [5, 5.41) is 5.37. The summed E-state index contributed by atoms with van der Waals surface area (Å²) < 4.78 is 18.7. The molecular formula is C19H16ClFN2O2S. The SMILES string of the molecule is O=C(CCc1ccc(F)c(Cl)c1)NCc1ccc(Oc2nccs2)cc1. The molecule has 0 unspecified atom stereocenters. The van der Waals surface area contributed by atoms with Crippen molar-refractivity contribution in [3.8, 4) is 10.9 Å². The monoisotopic (exact) mass is 390 g/mol. The van der Waals surface area contributed by atoms with Gasteiger partial charge in [-0.05, 0) is 41.8 Å². The molecule has 134 valence electrons. The predicted octanol–water partition coefficient (Wildman–Crippen LogP) is 4.98. The van der Waals surface area contributed by atoms with Crippen LogP contribution in [0, 0.1) is 5.82 Å². The van der Waals surface area contributed by atoms with Gasteiger partial charge in [-0.25, -0.2) is 9.37 Å². The molecule has 1 N–H and O–H groups in total. The average Bonchev–Trinajstić information content (AvgIpc) is 3.15. The zero-order valence-electron chi connectivity index (χ0n) is 13.7. The third kappa shape index (κ3) is 5.28. The number of halogens is 2. The number of aromatic nitrogens is 1. The van der Waals surface area contributed by atoms with Gasteiger partial charge in [0, 0.05) is 24.5 Å². The molecule has 4 nitrogen and oxygen atoms in total. The number of aryl methyl sites for hydroxylation is 1. The summed E-state index contributed by atoms with van der Waals surface area (Å²) in [5.41, 5.74) is 1.80. The van der Waals surface area contributed by atoms with Gasteiger partial charge in [-0.15, -0.1) is 0 Å². The first-order valence-corrected chi connectivity index (χ1v) is 9.23. The smallest absolute Gasteiger partial charge is 0.278 e. The van der Waals surface area contributed by atoms with Crippen LogP contribution >= 0.6 is 22.9 Å². The van der Waals surface area contributed by atoms with E-state index in [2.05, 4.69) is 10.3 Å². The van der Waals surface area contributed by atoms with E-state index in [1.54, 1.807) is 18.3 Å². The van der Waals surface area contributed by atoms with Crippen LogP contribution in [0.25, 0.3) is 0 Å². The van der Waals surface area contributed by atoms with Crippen LogP contribution in [0.15, 0.2) is 54.0 Å². The van der Waals surface area contributed by atoms with Crippen molar-refractivity contribution >= 4 is 28.8 Å². The molecule has 1 amide bonds. The van der Waals surface area contributed by atoms with Gasteiger partial charge in [-0.1, -0.05) is 41.1 Å². The van der Waals surface area contributed by atoms with E-state index in [4.69, 9.17) is 16.3 Å². The Morgan fingerprint density at radius 3 is 2.65 bits per heavy atom. The van der Waals surface area contributed by atoms with Gasteiger partial charge in [0.2, 0.25) is 5.91 Å². The highest BCUT2D eigenvalue weighted by Crippen LogP contribution is 2.23. The van der Waals surface area contributed by atoms with E-state index in [1.807, 2.05) is 29.6 Å². The number of thiazole rings is 1. The lowest BCUT2D eigenvalue weighted by atomic mass is 10.1. The lowest BCUT2D eigenvalue weighted by Crippen LogP contribution is -2.22. The Labute approximate surface area is 159 Å².